The van der Waals surface area contributed by atoms with Crippen LogP contribution in [0, 0.1) is 5.92 Å². The molecule has 2 atom stereocenters. The molecule has 3 rings (SSSR count). The van der Waals surface area contributed by atoms with Gasteiger partial charge < -0.3 is 10.1 Å². The van der Waals surface area contributed by atoms with Crippen LogP contribution in [0.2, 0.25) is 10.0 Å². The van der Waals surface area contributed by atoms with E-state index in [1.807, 2.05) is 13.8 Å². The minimum atomic E-state index is -0.729. The molecule has 28 heavy (non-hydrogen) atoms. The molecule has 1 saturated carbocycles. The lowest BCUT2D eigenvalue weighted by Crippen LogP contribution is -2.57. The maximum atomic E-state index is 13.5. The summed E-state index contributed by atoms with van der Waals surface area (Å²) in [6, 6.07) is 4.21. The Kier molecular flexibility index (Phi) is 6.58. The van der Waals surface area contributed by atoms with Gasteiger partial charge in [0.05, 0.1) is 16.7 Å². The summed E-state index contributed by atoms with van der Waals surface area (Å²) >= 11 is 12.1. The van der Waals surface area contributed by atoms with Crippen molar-refractivity contribution in [1.82, 2.24) is 10.2 Å². The van der Waals surface area contributed by atoms with Gasteiger partial charge in [-0.2, -0.15) is 0 Å². The zero-order valence-corrected chi connectivity index (χ0v) is 18.1. The van der Waals surface area contributed by atoms with Gasteiger partial charge in [-0.25, -0.2) is 0 Å². The first-order valence-electron chi connectivity index (χ1n) is 10.0. The summed E-state index contributed by atoms with van der Waals surface area (Å²) in [5.41, 5.74) is -0.313. The quantitative estimate of drug-likeness (QED) is 0.761. The molecule has 1 aliphatic carbocycles. The molecular weight excluding hydrogens is 399 g/mol. The number of benzene rings is 1. The second-order valence-electron chi connectivity index (χ2n) is 8.08. The van der Waals surface area contributed by atoms with Crippen LogP contribution >= 0.6 is 23.2 Å². The van der Waals surface area contributed by atoms with E-state index in [0.717, 1.165) is 32.1 Å². The average molecular weight is 427 g/mol. The Bertz CT molecular complexity index is 747. The first-order chi connectivity index (χ1) is 13.3. The van der Waals surface area contributed by atoms with Crippen LogP contribution in [0.1, 0.15) is 63.2 Å². The highest BCUT2D eigenvalue weighted by molar-refractivity contribution is 6.42. The summed E-state index contributed by atoms with van der Waals surface area (Å²) in [6.45, 7) is 6.39. The first-order valence-corrected chi connectivity index (χ1v) is 10.8. The van der Waals surface area contributed by atoms with Crippen LogP contribution in [0.3, 0.4) is 0 Å². The summed E-state index contributed by atoms with van der Waals surface area (Å²) in [6.07, 6.45) is 4.21. The number of halogens is 2. The molecule has 1 aliphatic heterocycles. The van der Waals surface area contributed by atoms with Crippen molar-refractivity contribution >= 4 is 35.0 Å². The molecule has 1 N–H and O–H groups in total. The molecule has 1 heterocycles. The van der Waals surface area contributed by atoms with Crippen LogP contribution < -0.4 is 5.32 Å². The fourth-order valence-corrected chi connectivity index (χ4v) is 4.29. The smallest absolute Gasteiger partial charge is 0.256 e. The highest BCUT2D eigenvalue weighted by atomic mass is 35.5. The molecule has 7 heteroatoms. The van der Waals surface area contributed by atoms with E-state index in [9.17, 15) is 9.59 Å². The van der Waals surface area contributed by atoms with Crippen molar-refractivity contribution in [3.63, 3.8) is 0 Å². The lowest BCUT2D eigenvalue weighted by Gasteiger charge is -2.43. The molecule has 1 aromatic carbocycles. The van der Waals surface area contributed by atoms with E-state index in [1.165, 1.54) is 0 Å². The third-order valence-corrected chi connectivity index (χ3v) is 6.74. The van der Waals surface area contributed by atoms with Crippen LogP contribution in [0.15, 0.2) is 18.2 Å². The predicted molar refractivity (Wildman–Crippen MR) is 111 cm³/mol. The van der Waals surface area contributed by atoms with Crippen molar-refractivity contribution in [3.05, 3.63) is 33.8 Å². The second-order valence-corrected chi connectivity index (χ2v) is 8.89. The Hall–Kier alpha value is -1.30. The lowest BCUT2D eigenvalue weighted by atomic mass is 9.83. The molecule has 0 unspecified atom stereocenters. The minimum Gasteiger partial charge on any atom is -0.353 e. The molecule has 1 saturated heterocycles. The zero-order valence-electron chi connectivity index (χ0n) is 16.6. The largest absolute Gasteiger partial charge is 0.353 e. The van der Waals surface area contributed by atoms with E-state index in [0.29, 0.717) is 21.5 Å². The van der Waals surface area contributed by atoms with Gasteiger partial charge in [-0.1, -0.05) is 37.0 Å². The van der Waals surface area contributed by atoms with Crippen LogP contribution in [0.5, 0.6) is 0 Å². The van der Waals surface area contributed by atoms with Gasteiger partial charge in [-0.15, -0.1) is 0 Å². The average Bonchev–Trinajstić information content (AvgIpc) is 3.04. The van der Waals surface area contributed by atoms with Gasteiger partial charge in [0.2, 0.25) is 5.91 Å². The molecule has 0 bridgehead atoms. The SMILES string of the molecule is CC[C@H](C)NC(=O)[C@@H]1COC2(CCC(C)CC2)N1C(=O)c1ccc(Cl)c(Cl)c1. The van der Waals surface area contributed by atoms with Crippen molar-refractivity contribution in [2.24, 2.45) is 5.92 Å². The minimum absolute atomic E-state index is 0.0392. The predicted octanol–water partition coefficient (Wildman–Crippen LogP) is 4.66. The van der Waals surface area contributed by atoms with Crippen molar-refractivity contribution in [1.29, 1.82) is 0 Å². The summed E-state index contributed by atoms with van der Waals surface area (Å²) in [5.74, 6) is 0.178. The van der Waals surface area contributed by atoms with E-state index in [4.69, 9.17) is 27.9 Å². The number of nitrogens with zero attached hydrogens (tertiary/aromatic N) is 1. The number of carbonyl (C=O) groups excluding carboxylic acids is 2. The van der Waals surface area contributed by atoms with Crippen molar-refractivity contribution in [2.45, 2.75) is 70.7 Å². The van der Waals surface area contributed by atoms with Gasteiger partial charge in [0.25, 0.3) is 5.91 Å². The number of carbonyl (C=O) groups is 2. The molecule has 1 aromatic rings. The number of hydrogen-bond acceptors (Lipinski definition) is 3. The third kappa shape index (κ3) is 4.17. The monoisotopic (exact) mass is 426 g/mol. The van der Waals surface area contributed by atoms with Crippen LogP contribution in [-0.4, -0.2) is 41.1 Å². The highest BCUT2D eigenvalue weighted by Gasteiger charge is 2.53. The number of amides is 2. The number of rotatable bonds is 4. The van der Waals surface area contributed by atoms with E-state index < -0.39 is 11.8 Å². The van der Waals surface area contributed by atoms with E-state index in [1.54, 1.807) is 23.1 Å². The summed E-state index contributed by atoms with van der Waals surface area (Å²) in [5, 5.41) is 3.71. The summed E-state index contributed by atoms with van der Waals surface area (Å²) in [4.78, 5) is 28.1. The van der Waals surface area contributed by atoms with Crippen molar-refractivity contribution in [3.8, 4) is 0 Å². The van der Waals surface area contributed by atoms with Crippen molar-refractivity contribution in [2.75, 3.05) is 6.61 Å². The summed E-state index contributed by atoms with van der Waals surface area (Å²) < 4.78 is 6.17. The normalized spacial score (nSPS) is 28.4. The molecule has 2 aliphatic rings. The second kappa shape index (κ2) is 8.60. The zero-order chi connectivity index (χ0) is 20.5. The fourth-order valence-electron chi connectivity index (χ4n) is 3.99. The molecule has 1 spiro atoms. The van der Waals surface area contributed by atoms with Crippen LogP contribution in [0.4, 0.5) is 0 Å². The highest BCUT2D eigenvalue weighted by Crippen LogP contribution is 2.43. The van der Waals surface area contributed by atoms with Crippen molar-refractivity contribution < 1.29 is 14.3 Å². The molecule has 2 amide bonds. The molecular formula is C21H28Cl2N2O3. The maximum Gasteiger partial charge on any atom is 0.256 e. The lowest BCUT2D eigenvalue weighted by molar-refractivity contribution is -0.128. The van der Waals surface area contributed by atoms with Gasteiger partial charge in [-0.05, 0) is 63.1 Å². The number of hydrogen-bond donors (Lipinski definition) is 1. The Morgan fingerprint density at radius 2 is 1.96 bits per heavy atom. The molecule has 154 valence electrons. The Morgan fingerprint density at radius 3 is 2.57 bits per heavy atom. The Morgan fingerprint density at radius 1 is 1.29 bits per heavy atom. The van der Waals surface area contributed by atoms with Crippen LogP contribution in [0.25, 0.3) is 0 Å². The Labute approximate surface area is 176 Å². The third-order valence-electron chi connectivity index (χ3n) is 6.01. The molecule has 2 fully saturated rings. The van der Waals surface area contributed by atoms with Gasteiger partial charge in [0.15, 0.2) is 0 Å². The van der Waals surface area contributed by atoms with E-state index in [2.05, 4.69) is 12.2 Å². The van der Waals surface area contributed by atoms with E-state index in [-0.39, 0.29) is 24.5 Å². The fraction of sp³-hybridized carbons (Fsp3) is 0.619. The van der Waals surface area contributed by atoms with E-state index >= 15 is 0 Å². The number of nitrogens with one attached hydrogen (secondary N) is 1. The van der Waals surface area contributed by atoms with Gasteiger partial charge >= 0.3 is 0 Å². The van der Waals surface area contributed by atoms with Gasteiger partial charge in [0.1, 0.15) is 11.8 Å². The molecule has 0 aromatic heterocycles. The number of ether oxygens (including phenoxy) is 1. The molecule has 5 nitrogen and oxygen atoms in total. The molecule has 0 radical (unpaired) electrons. The first kappa shape index (κ1) is 21.4. The van der Waals surface area contributed by atoms with Gasteiger partial charge in [-0.3, -0.25) is 14.5 Å². The topological polar surface area (TPSA) is 58.6 Å². The summed E-state index contributed by atoms with van der Waals surface area (Å²) in [7, 11) is 0. The van der Waals surface area contributed by atoms with Crippen LogP contribution in [-0.2, 0) is 9.53 Å². The Balaban J connectivity index is 1.93. The van der Waals surface area contributed by atoms with Gasteiger partial charge in [0, 0.05) is 11.6 Å². The standard InChI is InChI=1S/C21H28Cl2N2O3/c1-4-14(3)24-19(26)18-12-28-21(9-7-13(2)8-10-21)25(18)20(27)15-5-6-16(22)17(23)11-15/h5-6,11,13-14,18H,4,7-10,12H2,1-3H3,(H,24,26)/t13?,14-,18-,21?/m0/s1. The maximum absolute atomic E-state index is 13.5.